The number of rotatable bonds is 4. The third-order valence-electron chi connectivity index (χ3n) is 3.50. The molecule has 0 radical (unpaired) electrons. The van der Waals surface area contributed by atoms with Crippen LogP contribution in [0.3, 0.4) is 0 Å². The third kappa shape index (κ3) is 3.96. The minimum atomic E-state index is -3.66. The van der Waals surface area contributed by atoms with Crippen LogP contribution in [0.25, 0.3) is 0 Å². The van der Waals surface area contributed by atoms with E-state index >= 15 is 0 Å². The molecule has 1 aromatic carbocycles. The molecule has 1 aliphatic rings. The van der Waals surface area contributed by atoms with Gasteiger partial charge in [-0.05, 0) is 53.4 Å². The van der Waals surface area contributed by atoms with E-state index in [0.717, 1.165) is 5.56 Å². The first-order chi connectivity index (χ1) is 9.79. The maximum atomic E-state index is 12.3. The Hall–Kier alpha value is -1.12. The predicted molar refractivity (Wildman–Crippen MR) is 83.4 cm³/mol. The number of piperidine rings is 1. The quantitative estimate of drug-likeness (QED) is 0.843. The van der Waals surface area contributed by atoms with Crippen molar-refractivity contribution in [2.24, 2.45) is 5.92 Å². The minimum Gasteiger partial charge on any atom is -0.481 e. The van der Waals surface area contributed by atoms with Crippen LogP contribution >= 0.6 is 15.9 Å². The first-order valence-corrected chi connectivity index (χ1v) is 8.80. The topological polar surface area (TPSA) is 86.7 Å². The van der Waals surface area contributed by atoms with E-state index in [1.54, 1.807) is 12.1 Å². The van der Waals surface area contributed by atoms with Crippen LogP contribution in [0.15, 0.2) is 22.7 Å². The number of carboxylic acids is 1. The summed E-state index contributed by atoms with van der Waals surface area (Å²) < 4.78 is 29.2. The molecule has 8 heteroatoms. The zero-order valence-corrected chi connectivity index (χ0v) is 13.9. The molecule has 1 heterocycles. The fourth-order valence-corrected chi connectivity index (χ4v) is 4.01. The summed E-state index contributed by atoms with van der Waals surface area (Å²) >= 11 is 3.31. The maximum absolute atomic E-state index is 12.3. The van der Waals surface area contributed by atoms with Gasteiger partial charge in [0.15, 0.2) is 0 Å². The van der Waals surface area contributed by atoms with Crippen LogP contribution in [0.2, 0.25) is 0 Å². The van der Waals surface area contributed by atoms with Crippen LogP contribution < -0.4 is 4.72 Å². The van der Waals surface area contributed by atoms with Crippen molar-refractivity contribution < 1.29 is 18.3 Å². The molecule has 0 spiro atoms. The second-order valence-corrected chi connectivity index (χ2v) is 7.63. The van der Waals surface area contributed by atoms with Crippen molar-refractivity contribution in [1.82, 2.24) is 4.31 Å². The van der Waals surface area contributed by atoms with E-state index in [4.69, 9.17) is 5.11 Å². The summed E-state index contributed by atoms with van der Waals surface area (Å²) in [4.78, 5) is 10.9. The van der Waals surface area contributed by atoms with Crippen molar-refractivity contribution in [3.63, 3.8) is 0 Å². The second kappa shape index (κ2) is 6.33. The summed E-state index contributed by atoms with van der Waals surface area (Å²) in [5.74, 6) is -1.32. The number of hydrogen-bond acceptors (Lipinski definition) is 3. The van der Waals surface area contributed by atoms with Gasteiger partial charge in [0, 0.05) is 17.6 Å². The molecule has 0 bridgehead atoms. The highest BCUT2D eigenvalue weighted by atomic mass is 79.9. The van der Waals surface area contributed by atoms with E-state index in [1.807, 2.05) is 13.0 Å². The Morgan fingerprint density at radius 1 is 1.38 bits per heavy atom. The Morgan fingerprint density at radius 2 is 2.00 bits per heavy atom. The molecule has 6 nitrogen and oxygen atoms in total. The molecular formula is C13H17BrN2O4S. The van der Waals surface area contributed by atoms with E-state index < -0.39 is 22.1 Å². The minimum absolute atomic E-state index is 0.218. The van der Waals surface area contributed by atoms with Crippen molar-refractivity contribution in [2.75, 3.05) is 17.8 Å². The fraction of sp³-hybridized carbons (Fsp3) is 0.462. The lowest BCUT2D eigenvalue weighted by Gasteiger charge is -2.29. The van der Waals surface area contributed by atoms with Crippen molar-refractivity contribution in [3.05, 3.63) is 28.2 Å². The molecule has 1 aromatic rings. The van der Waals surface area contributed by atoms with Gasteiger partial charge in [-0.25, -0.2) is 0 Å². The normalized spacial score (nSPS) is 17.6. The van der Waals surface area contributed by atoms with Gasteiger partial charge in [0.1, 0.15) is 0 Å². The molecule has 2 N–H and O–H groups in total. The van der Waals surface area contributed by atoms with E-state index in [-0.39, 0.29) is 13.1 Å². The molecule has 21 heavy (non-hydrogen) atoms. The fourth-order valence-electron chi connectivity index (χ4n) is 2.26. The average Bonchev–Trinajstić information content (AvgIpc) is 2.43. The lowest BCUT2D eigenvalue weighted by atomic mass is 9.99. The van der Waals surface area contributed by atoms with E-state index in [1.165, 1.54) is 4.31 Å². The third-order valence-corrected chi connectivity index (χ3v) is 5.72. The van der Waals surface area contributed by atoms with Gasteiger partial charge < -0.3 is 5.11 Å². The van der Waals surface area contributed by atoms with Gasteiger partial charge in [0.2, 0.25) is 0 Å². The van der Waals surface area contributed by atoms with Gasteiger partial charge in [0.05, 0.1) is 11.6 Å². The van der Waals surface area contributed by atoms with Crippen LogP contribution in [0.5, 0.6) is 0 Å². The van der Waals surface area contributed by atoms with Crippen molar-refractivity contribution in [1.29, 1.82) is 0 Å². The van der Waals surface area contributed by atoms with Crippen LogP contribution in [0.1, 0.15) is 18.4 Å². The summed E-state index contributed by atoms with van der Waals surface area (Å²) in [6.45, 7) is 2.31. The van der Waals surface area contributed by atoms with E-state index in [9.17, 15) is 13.2 Å². The second-order valence-electron chi connectivity index (χ2n) is 5.10. The SMILES string of the molecule is Cc1ccc(Br)c(NS(=O)(=O)N2CCC(C(=O)O)CC2)c1. The molecule has 2 rings (SSSR count). The van der Waals surface area contributed by atoms with Gasteiger partial charge in [0.25, 0.3) is 0 Å². The standard InChI is InChI=1S/C13H17BrN2O4S/c1-9-2-3-11(14)12(8-9)15-21(19,20)16-6-4-10(5-7-16)13(17)18/h2-3,8,10,15H,4-7H2,1H3,(H,17,18). The van der Waals surface area contributed by atoms with Gasteiger partial charge in [-0.1, -0.05) is 6.07 Å². The summed E-state index contributed by atoms with van der Waals surface area (Å²) in [5.41, 5.74) is 1.43. The summed E-state index contributed by atoms with van der Waals surface area (Å²) in [5, 5.41) is 8.94. The maximum Gasteiger partial charge on any atom is 0.306 e. The number of aryl methyl sites for hydroxylation is 1. The van der Waals surface area contributed by atoms with Gasteiger partial charge in [-0.3, -0.25) is 9.52 Å². The Balaban J connectivity index is 2.09. The lowest BCUT2D eigenvalue weighted by Crippen LogP contribution is -2.43. The van der Waals surface area contributed by atoms with Gasteiger partial charge >= 0.3 is 16.2 Å². The van der Waals surface area contributed by atoms with Crippen LogP contribution in [0.4, 0.5) is 5.69 Å². The number of aliphatic carboxylic acids is 1. The molecule has 0 amide bonds. The van der Waals surface area contributed by atoms with Gasteiger partial charge in [-0.2, -0.15) is 12.7 Å². The van der Waals surface area contributed by atoms with E-state index in [2.05, 4.69) is 20.7 Å². The lowest BCUT2D eigenvalue weighted by molar-refractivity contribution is -0.142. The van der Waals surface area contributed by atoms with Crippen molar-refractivity contribution in [2.45, 2.75) is 19.8 Å². The number of anilines is 1. The molecule has 0 saturated carbocycles. The molecule has 0 aromatic heterocycles. The van der Waals surface area contributed by atoms with Crippen LogP contribution in [-0.4, -0.2) is 36.9 Å². The van der Waals surface area contributed by atoms with Crippen LogP contribution in [-0.2, 0) is 15.0 Å². The highest BCUT2D eigenvalue weighted by molar-refractivity contribution is 9.10. The predicted octanol–water partition coefficient (Wildman–Crippen LogP) is 2.21. The van der Waals surface area contributed by atoms with E-state index in [0.29, 0.717) is 23.0 Å². The van der Waals surface area contributed by atoms with Crippen molar-refractivity contribution >= 4 is 37.8 Å². The van der Waals surface area contributed by atoms with Crippen LogP contribution in [0, 0.1) is 12.8 Å². The van der Waals surface area contributed by atoms with Gasteiger partial charge in [-0.15, -0.1) is 0 Å². The monoisotopic (exact) mass is 376 g/mol. The molecule has 1 aliphatic heterocycles. The molecule has 0 aliphatic carbocycles. The Morgan fingerprint density at radius 3 is 2.57 bits per heavy atom. The Bertz CT molecular complexity index is 640. The molecule has 1 saturated heterocycles. The Labute approximate surface area is 132 Å². The molecule has 116 valence electrons. The molecule has 0 atom stereocenters. The number of hydrogen-bond donors (Lipinski definition) is 2. The number of carboxylic acid groups (broad SMARTS) is 1. The molecular weight excluding hydrogens is 360 g/mol. The first kappa shape index (κ1) is 16.3. The number of halogens is 1. The van der Waals surface area contributed by atoms with Crippen molar-refractivity contribution in [3.8, 4) is 0 Å². The largest absolute Gasteiger partial charge is 0.481 e. The highest BCUT2D eigenvalue weighted by Crippen LogP contribution is 2.26. The summed E-state index contributed by atoms with van der Waals surface area (Å²) in [7, 11) is -3.66. The average molecular weight is 377 g/mol. The Kier molecular flexibility index (Phi) is 4.90. The summed E-state index contributed by atoms with van der Waals surface area (Å²) in [6, 6.07) is 5.40. The zero-order chi connectivity index (χ0) is 15.6. The number of carbonyl (C=O) groups is 1. The summed E-state index contributed by atoms with van der Waals surface area (Å²) in [6.07, 6.45) is 0.677. The first-order valence-electron chi connectivity index (χ1n) is 6.56. The number of nitrogens with zero attached hydrogens (tertiary/aromatic N) is 1. The zero-order valence-electron chi connectivity index (χ0n) is 11.5. The smallest absolute Gasteiger partial charge is 0.306 e. The number of benzene rings is 1. The highest BCUT2D eigenvalue weighted by Gasteiger charge is 2.31. The molecule has 0 unspecified atom stereocenters. The number of nitrogens with one attached hydrogen (secondary N) is 1. The molecule has 1 fully saturated rings.